The summed E-state index contributed by atoms with van der Waals surface area (Å²) in [4.78, 5) is 36.5. The Kier molecular flexibility index (Phi) is 5.44. The van der Waals surface area contributed by atoms with Crippen LogP contribution >= 0.6 is 0 Å². The van der Waals surface area contributed by atoms with E-state index >= 15 is 0 Å². The highest BCUT2D eigenvalue weighted by Gasteiger charge is 2.34. The van der Waals surface area contributed by atoms with Crippen LogP contribution in [0.15, 0.2) is 32.7 Å². The Labute approximate surface area is 162 Å². The summed E-state index contributed by atoms with van der Waals surface area (Å²) < 4.78 is 34.7. The number of carbonyl (C=O) groups excluding carboxylic acids is 1. The first-order chi connectivity index (χ1) is 13.2. The number of esters is 1. The molecule has 9 nitrogen and oxygen atoms in total. The van der Waals surface area contributed by atoms with Crippen LogP contribution in [0.5, 0.6) is 0 Å². The molecule has 1 aliphatic rings. The molecule has 1 aliphatic heterocycles. The SMILES string of the molecule is CCOC(=O)[C@@H]1CCCN(S(=O)(=O)c2ccc3c(c2)c(=O)n(C)c(=O)n3C)C1. The molecule has 0 unspecified atom stereocenters. The Balaban J connectivity index is 2.02. The van der Waals surface area contributed by atoms with Gasteiger partial charge in [-0.1, -0.05) is 0 Å². The molecule has 28 heavy (non-hydrogen) atoms. The molecule has 0 N–H and O–H groups in total. The highest BCUT2D eigenvalue weighted by Crippen LogP contribution is 2.25. The lowest BCUT2D eigenvalue weighted by atomic mass is 10.0. The second-order valence-corrected chi connectivity index (χ2v) is 8.78. The maximum Gasteiger partial charge on any atom is 0.330 e. The highest BCUT2D eigenvalue weighted by molar-refractivity contribution is 7.89. The van der Waals surface area contributed by atoms with Crippen molar-refractivity contribution in [1.29, 1.82) is 0 Å². The van der Waals surface area contributed by atoms with E-state index in [0.29, 0.717) is 24.9 Å². The fraction of sp³-hybridized carbons (Fsp3) is 0.500. The number of fused-ring (bicyclic) bond motifs is 1. The number of rotatable bonds is 4. The van der Waals surface area contributed by atoms with Crippen molar-refractivity contribution in [3.05, 3.63) is 39.0 Å². The zero-order valence-corrected chi connectivity index (χ0v) is 16.9. The molecule has 1 atom stereocenters. The van der Waals surface area contributed by atoms with Crippen molar-refractivity contribution in [2.75, 3.05) is 19.7 Å². The number of hydrogen-bond donors (Lipinski definition) is 0. The van der Waals surface area contributed by atoms with Crippen LogP contribution in [0.2, 0.25) is 0 Å². The van der Waals surface area contributed by atoms with Gasteiger partial charge in [0.25, 0.3) is 5.56 Å². The highest BCUT2D eigenvalue weighted by atomic mass is 32.2. The van der Waals surface area contributed by atoms with Crippen molar-refractivity contribution in [3.63, 3.8) is 0 Å². The molecule has 1 aromatic heterocycles. The summed E-state index contributed by atoms with van der Waals surface area (Å²) in [5.41, 5.74) is -0.685. The van der Waals surface area contributed by atoms with Gasteiger partial charge in [0.2, 0.25) is 10.0 Å². The zero-order valence-electron chi connectivity index (χ0n) is 16.0. The van der Waals surface area contributed by atoms with Gasteiger partial charge in [-0.25, -0.2) is 13.2 Å². The minimum absolute atomic E-state index is 0.0414. The van der Waals surface area contributed by atoms with E-state index in [-0.39, 0.29) is 23.4 Å². The Morgan fingerprint density at radius 2 is 1.93 bits per heavy atom. The average molecular weight is 409 g/mol. The molecule has 0 bridgehead atoms. The third-order valence-electron chi connectivity index (χ3n) is 5.08. The maximum absolute atomic E-state index is 13.1. The van der Waals surface area contributed by atoms with Crippen molar-refractivity contribution in [3.8, 4) is 0 Å². The van der Waals surface area contributed by atoms with Crippen LogP contribution in [-0.4, -0.2) is 47.5 Å². The number of sulfonamides is 1. The van der Waals surface area contributed by atoms with Gasteiger partial charge in [-0.2, -0.15) is 4.31 Å². The van der Waals surface area contributed by atoms with Crippen LogP contribution < -0.4 is 11.2 Å². The summed E-state index contributed by atoms with van der Waals surface area (Å²) in [6, 6.07) is 4.13. The molecule has 1 aromatic carbocycles. The smallest absolute Gasteiger partial charge is 0.330 e. The lowest BCUT2D eigenvalue weighted by Crippen LogP contribution is -2.42. The van der Waals surface area contributed by atoms with Gasteiger partial charge in [-0.3, -0.25) is 18.7 Å². The molecule has 0 saturated carbocycles. The molecule has 1 fully saturated rings. The van der Waals surface area contributed by atoms with E-state index in [4.69, 9.17) is 4.74 Å². The van der Waals surface area contributed by atoms with Crippen LogP contribution in [0.3, 0.4) is 0 Å². The molecule has 2 heterocycles. The third kappa shape index (κ3) is 3.37. The van der Waals surface area contributed by atoms with Gasteiger partial charge in [-0.05, 0) is 38.0 Å². The summed E-state index contributed by atoms with van der Waals surface area (Å²) >= 11 is 0. The van der Waals surface area contributed by atoms with E-state index in [0.717, 1.165) is 4.57 Å². The van der Waals surface area contributed by atoms with Crippen molar-refractivity contribution in [2.24, 2.45) is 20.0 Å². The van der Waals surface area contributed by atoms with Gasteiger partial charge >= 0.3 is 11.7 Å². The average Bonchev–Trinajstić information content (AvgIpc) is 2.70. The summed E-state index contributed by atoms with van der Waals surface area (Å²) in [6.07, 6.45) is 1.12. The second kappa shape index (κ2) is 7.51. The fourth-order valence-electron chi connectivity index (χ4n) is 3.50. The second-order valence-electron chi connectivity index (χ2n) is 6.84. The number of hydrogen-bond acceptors (Lipinski definition) is 6. The monoisotopic (exact) mass is 409 g/mol. The first kappa shape index (κ1) is 20.3. The topological polar surface area (TPSA) is 108 Å². The van der Waals surface area contributed by atoms with E-state index in [1.165, 1.54) is 41.2 Å². The van der Waals surface area contributed by atoms with Gasteiger partial charge in [0.15, 0.2) is 0 Å². The quantitative estimate of drug-likeness (QED) is 0.668. The van der Waals surface area contributed by atoms with E-state index in [9.17, 15) is 22.8 Å². The molecule has 0 amide bonds. The number of benzene rings is 1. The van der Waals surface area contributed by atoms with Crippen molar-refractivity contribution >= 4 is 26.9 Å². The standard InChI is InChI=1S/C18H23N3O6S/c1-4-27-17(23)12-6-5-9-21(11-12)28(25,26)13-7-8-15-14(10-13)16(22)20(3)18(24)19(15)2/h7-8,10,12H,4-6,9,11H2,1-3H3/t12-/m1/s1. The number of aromatic nitrogens is 2. The third-order valence-corrected chi connectivity index (χ3v) is 6.94. The van der Waals surface area contributed by atoms with Crippen LogP contribution in [0.1, 0.15) is 19.8 Å². The van der Waals surface area contributed by atoms with Gasteiger partial charge < -0.3 is 4.74 Å². The lowest BCUT2D eigenvalue weighted by molar-refractivity contribution is -0.149. The van der Waals surface area contributed by atoms with E-state index in [1.54, 1.807) is 6.92 Å². The molecule has 0 spiro atoms. The molecule has 0 radical (unpaired) electrons. The number of aryl methyl sites for hydroxylation is 1. The number of piperidine rings is 1. The maximum atomic E-state index is 13.1. The first-order valence-corrected chi connectivity index (χ1v) is 10.5. The van der Waals surface area contributed by atoms with Crippen molar-refractivity contribution < 1.29 is 17.9 Å². The Morgan fingerprint density at radius 3 is 2.61 bits per heavy atom. The van der Waals surface area contributed by atoms with Crippen LogP contribution in [0.25, 0.3) is 10.9 Å². The molecule has 1 saturated heterocycles. The molecule has 10 heteroatoms. The largest absolute Gasteiger partial charge is 0.466 e. The van der Waals surface area contributed by atoms with Gasteiger partial charge in [-0.15, -0.1) is 0 Å². The van der Waals surface area contributed by atoms with Gasteiger partial charge in [0.1, 0.15) is 0 Å². The van der Waals surface area contributed by atoms with Gasteiger partial charge in [0, 0.05) is 27.2 Å². The van der Waals surface area contributed by atoms with Crippen LogP contribution in [-0.2, 0) is 33.7 Å². The molecule has 2 aromatic rings. The van der Waals surface area contributed by atoms with Crippen LogP contribution in [0.4, 0.5) is 0 Å². The number of ether oxygens (including phenoxy) is 1. The summed E-state index contributed by atoms with van der Waals surface area (Å²) in [7, 11) is -1.03. The Bertz CT molecular complexity index is 1150. The summed E-state index contributed by atoms with van der Waals surface area (Å²) in [5, 5.41) is 0.143. The van der Waals surface area contributed by atoms with Crippen molar-refractivity contribution in [2.45, 2.75) is 24.7 Å². The van der Waals surface area contributed by atoms with E-state index in [1.807, 2.05) is 0 Å². The van der Waals surface area contributed by atoms with Crippen LogP contribution in [0, 0.1) is 5.92 Å². The normalized spacial score (nSPS) is 18.3. The molecular weight excluding hydrogens is 386 g/mol. The minimum atomic E-state index is -3.90. The van der Waals surface area contributed by atoms with E-state index in [2.05, 4.69) is 0 Å². The predicted molar refractivity (Wildman–Crippen MR) is 103 cm³/mol. The molecule has 0 aliphatic carbocycles. The summed E-state index contributed by atoms with van der Waals surface area (Å²) in [6.45, 7) is 2.29. The zero-order chi connectivity index (χ0) is 20.6. The summed E-state index contributed by atoms with van der Waals surface area (Å²) in [5.74, 6) is -0.901. The lowest BCUT2D eigenvalue weighted by Gasteiger charge is -2.30. The van der Waals surface area contributed by atoms with Gasteiger partial charge in [0.05, 0.1) is 28.3 Å². The van der Waals surface area contributed by atoms with Crippen molar-refractivity contribution in [1.82, 2.24) is 13.4 Å². The number of nitrogens with zero attached hydrogens (tertiary/aromatic N) is 3. The van der Waals surface area contributed by atoms with E-state index < -0.39 is 33.2 Å². The molecule has 152 valence electrons. The first-order valence-electron chi connectivity index (χ1n) is 9.05. The Morgan fingerprint density at radius 1 is 1.21 bits per heavy atom. The predicted octanol–water partition coefficient (Wildman–Crippen LogP) is 0.201. The number of carbonyl (C=O) groups is 1. The minimum Gasteiger partial charge on any atom is -0.466 e. The molecular formula is C18H23N3O6S. The molecule has 3 rings (SSSR count). The fourth-order valence-corrected chi connectivity index (χ4v) is 5.05. The Hall–Kier alpha value is -2.46.